The van der Waals surface area contributed by atoms with Crippen LogP contribution in [0.2, 0.25) is 0 Å². The molecule has 4 nitrogen and oxygen atoms in total. The number of halogens is 3. The quantitative estimate of drug-likeness (QED) is 0.175. The summed E-state index contributed by atoms with van der Waals surface area (Å²) in [6, 6.07) is 55.2. The van der Waals surface area contributed by atoms with Crippen LogP contribution in [0.3, 0.4) is 0 Å². The fourth-order valence-corrected chi connectivity index (χ4v) is 8.94. The number of hydrogen-bond donors (Lipinski definition) is 0. The zero-order valence-corrected chi connectivity index (χ0v) is 32.5. The van der Waals surface area contributed by atoms with Gasteiger partial charge in [-0.25, -0.2) is 0 Å². The van der Waals surface area contributed by atoms with Gasteiger partial charge in [0.05, 0.1) is 56.7 Å². The molecule has 0 aliphatic rings. The Morgan fingerprint density at radius 3 is 1.25 bits per heavy atom. The van der Waals surface area contributed by atoms with Gasteiger partial charge in [0, 0.05) is 21.5 Å². The second kappa shape index (κ2) is 13.9. The fourth-order valence-electron chi connectivity index (χ4n) is 8.94. The molecule has 0 atom stereocenters. The number of rotatable bonds is 5. The zero-order chi connectivity index (χ0) is 41.3. The van der Waals surface area contributed by atoms with Gasteiger partial charge in [-0.1, -0.05) is 97.1 Å². The summed E-state index contributed by atoms with van der Waals surface area (Å²) in [5.41, 5.74) is 8.97. The molecule has 2 heterocycles. The molecule has 0 bridgehead atoms. The number of aromatic nitrogens is 2. The molecule has 10 aromatic rings. The summed E-state index contributed by atoms with van der Waals surface area (Å²) in [4.78, 5) is 0. The molecule has 0 aliphatic carbocycles. The van der Waals surface area contributed by atoms with Crippen molar-refractivity contribution in [2.45, 2.75) is 20.0 Å². The van der Waals surface area contributed by atoms with E-state index in [0.717, 1.165) is 54.9 Å². The van der Waals surface area contributed by atoms with Crippen molar-refractivity contribution in [3.05, 3.63) is 192 Å². The van der Waals surface area contributed by atoms with Crippen LogP contribution in [0.15, 0.2) is 164 Å². The number of alkyl halides is 3. The maximum Gasteiger partial charge on any atom is 0.420 e. The van der Waals surface area contributed by atoms with Crippen molar-refractivity contribution in [3.8, 4) is 56.9 Å². The predicted octanol–water partition coefficient (Wildman–Crippen LogP) is 14.3. The summed E-state index contributed by atoms with van der Waals surface area (Å²) in [7, 11) is 0. The number of benzene rings is 8. The van der Waals surface area contributed by atoms with E-state index in [9.17, 15) is 10.5 Å². The van der Waals surface area contributed by atoms with Crippen molar-refractivity contribution < 1.29 is 13.2 Å². The van der Waals surface area contributed by atoms with Gasteiger partial charge in [0.1, 0.15) is 5.56 Å². The summed E-state index contributed by atoms with van der Waals surface area (Å²) >= 11 is 0. The molecule has 0 radical (unpaired) electrons. The summed E-state index contributed by atoms with van der Waals surface area (Å²) in [6.07, 6.45) is -4.84. The van der Waals surface area contributed by atoms with Gasteiger partial charge in [0.2, 0.25) is 0 Å². The first-order chi connectivity index (χ1) is 29.1. The van der Waals surface area contributed by atoms with E-state index < -0.39 is 11.7 Å². The molecule has 0 amide bonds. The van der Waals surface area contributed by atoms with Gasteiger partial charge in [-0.15, -0.1) is 0 Å². The highest BCUT2D eigenvalue weighted by Gasteiger charge is 2.39. The second-order valence-electron chi connectivity index (χ2n) is 15.2. The lowest BCUT2D eigenvalue weighted by molar-refractivity contribution is -0.137. The lowest BCUT2D eigenvalue weighted by Crippen LogP contribution is -2.16. The Labute approximate surface area is 343 Å². The Hall–Kier alpha value is -7.87. The third-order valence-electron chi connectivity index (χ3n) is 11.6. The number of aryl methyl sites for hydroxylation is 2. The van der Waals surface area contributed by atoms with Gasteiger partial charge >= 0.3 is 6.18 Å². The SMILES string of the molecule is Cc1ccccc1-c1ccc2c(c1)c1ccccc1n2-c1cc(-c2cc(C#N)cc(C#N)c2)cc(-n2c3ccccc3c3cc(-c4ccccc4C)ccc32)c1C(F)(F)F. The number of fused-ring (bicyclic) bond motifs is 6. The molecule has 8 aromatic carbocycles. The molecule has 10 rings (SSSR count). The standard InChI is InChI=1S/C53H33F3N4/c1-32-11-3-5-13-40(32)36-19-21-48-44(26-36)42-15-7-9-17-46(42)59(48)50-28-39(38-24-34(30-57)23-35(25-38)31-58)29-51(52(50)53(54,55)56)60-47-18-10-8-16-43(47)45-27-37(20-22-49(45)60)41-14-6-4-12-33(41)2/h3-29H,1-2H3. The van der Waals surface area contributed by atoms with Crippen molar-refractivity contribution in [3.63, 3.8) is 0 Å². The van der Waals surface area contributed by atoms with Gasteiger partial charge in [0.15, 0.2) is 0 Å². The Kier molecular flexibility index (Phi) is 8.45. The monoisotopic (exact) mass is 782 g/mol. The minimum atomic E-state index is -4.84. The van der Waals surface area contributed by atoms with Crippen LogP contribution in [0.5, 0.6) is 0 Å². The largest absolute Gasteiger partial charge is 0.420 e. The van der Waals surface area contributed by atoms with E-state index in [2.05, 4.69) is 24.3 Å². The first-order valence-electron chi connectivity index (χ1n) is 19.5. The van der Waals surface area contributed by atoms with E-state index in [1.54, 1.807) is 33.4 Å². The molecule has 60 heavy (non-hydrogen) atoms. The number of hydrogen-bond acceptors (Lipinski definition) is 2. The highest BCUT2D eigenvalue weighted by molar-refractivity contribution is 6.12. The van der Waals surface area contributed by atoms with Crippen LogP contribution in [0, 0.1) is 36.5 Å². The van der Waals surface area contributed by atoms with Gasteiger partial charge in [-0.3, -0.25) is 0 Å². The summed E-state index contributed by atoms with van der Waals surface area (Å²) in [6.45, 7) is 4.09. The minimum absolute atomic E-state index is 0.0758. The normalized spacial score (nSPS) is 11.7. The Morgan fingerprint density at radius 1 is 0.417 bits per heavy atom. The molecule has 0 unspecified atom stereocenters. The molecule has 7 heteroatoms. The molecule has 0 fully saturated rings. The smallest absolute Gasteiger partial charge is 0.309 e. The molecule has 0 N–H and O–H groups in total. The van der Waals surface area contributed by atoms with Crippen molar-refractivity contribution >= 4 is 43.6 Å². The minimum Gasteiger partial charge on any atom is -0.309 e. The fraction of sp³-hybridized carbons (Fsp3) is 0.0566. The van der Waals surface area contributed by atoms with Gasteiger partial charge in [-0.2, -0.15) is 23.7 Å². The van der Waals surface area contributed by atoms with Crippen LogP contribution in [-0.2, 0) is 6.18 Å². The highest BCUT2D eigenvalue weighted by atomic mass is 19.4. The highest BCUT2D eigenvalue weighted by Crippen LogP contribution is 2.47. The van der Waals surface area contributed by atoms with Crippen LogP contribution in [0.4, 0.5) is 13.2 Å². The first kappa shape index (κ1) is 36.5. The van der Waals surface area contributed by atoms with Crippen LogP contribution in [0.25, 0.3) is 88.4 Å². The molecule has 0 saturated carbocycles. The predicted molar refractivity (Wildman–Crippen MR) is 235 cm³/mol. The van der Waals surface area contributed by atoms with Crippen LogP contribution < -0.4 is 0 Å². The maximum absolute atomic E-state index is 16.4. The average molecular weight is 783 g/mol. The third kappa shape index (κ3) is 5.82. The second-order valence-corrected chi connectivity index (χ2v) is 15.2. The van der Waals surface area contributed by atoms with E-state index in [1.165, 1.54) is 6.07 Å². The van der Waals surface area contributed by atoms with Gasteiger partial charge in [0.25, 0.3) is 0 Å². The molecule has 2 aromatic heterocycles. The van der Waals surface area contributed by atoms with Crippen molar-refractivity contribution in [2.75, 3.05) is 0 Å². The van der Waals surface area contributed by atoms with E-state index >= 15 is 13.2 Å². The molecular weight excluding hydrogens is 750 g/mol. The lowest BCUT2D eigenvalue weighted by atomic mass is 9.96. The molecule has 0 spiro atoms. The summed E-state index contributed by atoms with van der Waals surface area (Å²) in [5.74, 6) is 0. The van der Waals surface area contributed by atoms with E-state index in [1.807, 2.05) is 135 Å². The van der Waals surface area contributed by atoms with Crippen LogP contribution >= 0.6 is 0 Å². The molecule has 286 valence electrons. The van der Waals surface area contributed by atoms with E-state index in [4.69, 9.17) is 0 Å². The number of nitriles is 2. The lowest BCUT2D eigenvalue weighted by Gasteiger charge is -2.23. The summed E-state index contributed by atoms with van der Waals surface area (Å²) in [5, 5.41) is 23.2. The zero-order valence-electron chi connectivity index (χ0n) is 32.5. The maximum atomic E-state index is 16.4. The van der Waals surface area contributed by atoms with E-state index in [0.29, 0.717) is 33.2 Å². The number of para-hydroxylation sites is 2. The molecule has 0 saturated heterocycles. The Balaban J connectivity index is 1.35. The van der Waals surface area contributed by atoms with Gasteiger partial charge < -0.3 is 9.13 Å². The van der Waals surface area contributed by atoms with Crippen LogP contribution in [-0.4, -0.2) is 9.13 Å². The Bertz CT molecular complexity index is 3260. The van der Waals surface area contributed by atoms with Gasteiger partial charge in [-0.05, 0) is 125 Å². The van der Waals surface area contributed by atoms with Crippen molar-refractivity contribution in [1.29, 1.82) is 10.5 Å². The van der Waals surface area contributed by atoms with Crippen molar-refractivity contribution in [2.24, 2.45) is 0 Å². The van der Waals surface area contributed by atoms with E-state index in [-0.39, 0.29) is 22.5 Å². The average Bonchev–Trinajstić information content (AvgIpc) is 3.78. The Morgan fingerprint density at radius 2 is 0.817 bits per heavy atom. The van der Waals surface area contributed by atoms with Crippen molar-refractivity contribution in [1.82, 2.24) is 9.13 Å². The third-order valence-corrected chi connectivity index (χ3v) is 11.6. The first-order valence-corrected chi connectivity index (χ1v) is 19.5. The summed E-state index contributed by atoms with van der Waals surface area (Å²) < 4.78 is 52.7. The molecular formula is C53H33F3N4. The molecule has 0 aliphatic heterocycles. The van der Waals surface area contributed by atoms with Crippen LogP contribution in [0.1, 0.15) is 27.8 Å². The number of nitrogens with zero attached hydrogens (tertiary/aromatic N) is 4. The topological polar surface area (TPSA) is 57.4 Å².